The Hall–Kier alpha value is -3.62. The van der Waals surface area contributed by atoms with E-state index in [0.717, 1.165) is 10.9 Å². The van der Waals surface area contributed by atoms with E-state index in [1.807, 2.05) is 18.4 Å². The Morgan fingerprint density at radius 2 is 1.62 bits per heavy atom. The van der Waals surface area contributed by atoms with E-state index in [1.165, 1.54) is 11.8 Å². The number of amides is 4. The van der Waals surface area contributed by atoms with Gasteiger partial charge >= 0.3 is 5.97 Å². The van der Waals surface area contributed by atoms with E-state index in [4.69, 9.17) is 11.5 Å². The summed E-state index contributed by atoms with van der Waals surface area (Å²) in [4.78, 5) is 64.5. The van der Waals surface area contributed by atoms with Crippen LogP contribution in [-0.2, 0) is 30.4 Å². The van der Waals surface area contributed by atoms with Crippen molar-refractivity contribution in [2.24, 2.45) is 11.5 Å². The van der Waals surface area contributed by atoms with E-state index < -0.39 is 66.8 Å². The molecule has 0 aliphatic carbocycles. The van der Waals surface area contributed by atoms with Gasteiger partial charge in [0.05, 0.1) is 19.1 Å². The Labute approximate surface area is 217 Å². The van der Waals surface area contributed by atoms with Crippen molar-refractivity contribution in [1.82, 2.24) is 20.9 Å². The first kappa shape index (κ1) is 29.6. The molecule has 1 aromatic carbocycles. The molecule has 0 bridgehead atoms. The minimum absolute atomic E-state index is 0.0656. The second kappa shape index (κ2) is 14.2. The molecule has 0 radical (unpaired) electrons. The number of H-pyrrole nitrogens is 1. The van der Waals surface area contributed by atoms with Gasteiger partial charge in [-0.05, 0) is 30.1 Å². The molecule has 0 aliphatic heterocycles. The third-order valence-corrected chi connectivity index (χ3v) is 6.18. The predicted molar refractivity (Wildman–Crippen MR) is 137 cm³/mol. The van der Waals surface area contributed by atoms with Gasteiger partial charge in [-0.25, -0.2) is 4.79 Å². The Morgan fingerprint density at radius 3 is 2.24 bits per heavy atom. The lowest BCUT2D eigenvalue weighted by Crippen LogP contribution is -2.58. The Morgan fingerprint density at radius 1 is 1.00 bits per heavy atom. The van der Waals surface area contributed by atoms with Crippen molar-refractivity contribution >= 4 is 52.3 Å². The summed E-state index contributed by atoms with van der Waals surface area (Å²) in [6.45, 7) is -0.872. The van der Waals surface area contributed by atoms with E-state index in [2.05, 4.69) is 20.9 Å². The van der Waals surface area contributed by atoms with E-state index in [1.54, 1.807) is 18.3 Å². The van der Waals surface area contributed by atoms with Crippen LogP contribution >= 0.6 is 11.8 Å². The van der Waals surface area contributed by atoms with Crippen LogP contribution in [0.2, 0.25) is 0 Å². The van der Waals surface area contributed by atoms with Gasteiger partial charge in [0.2, 0.25) is 23.6 Å². The van der Waals surface area contributed by atoms with Crippen molar-refractivity contribution in [3.05, 3.63) is 36.0 Å². The molecule has 0 spiro atoms. The summed E-state index contributed by atoms with van der Waals surface area (Å²) in [5, 5.41) is 26.3. The van der Waals surface area contributed by atoms with Gasteiger partial charge in [0.25, 0.3) is 0 Å². The van der Waals surface area contributed by atoms with Gasteiger partial charge in [-0.15, -0.1) is 0 Å². The lowest BCUT2D eigenvalue weighted by atomic mass is 10.0. The summed E-state index contributed by atoms with van der Waals surface area (Å²) >= 11 is 1.49. The Bertz CT molecular complexity index is 1120. The summed E-state index contributed by atoms with van der Waals surface area (Å²) in [7, 11) is 0. The quantitative estimate of drug-likeness (QED) is 0.128. The molecule has 1 heterocycles. The van der Waals surface area contributed by atoms with Crippen molar-refractivity contribution in [3.8, 4) is 0 Å². The number of nitrogens with two attached hydrogens (primary N) is 2. The minimum Gasteiger partial charge on any atom is -0.480 e. The number of primary amides is 1. The smallest absolute Gasteiger partial charge is 0.328 e. The topological polar surface area (TPSA) is 230 Å². The number of hydrogen-bond donors (Lipinski definition) is 8. The average Bonchev–Trinajstić information content (AvgIpc) is 3.26. The fourth-order valence-electron chi connectivity index (χ4n) is 3.52. The Kier molecular flexibility index (Phi) is 11.4. The number of para-hydroxylation sites is 1. The second-order valence-corrected chi connectivity index (χ2v) is 9.31. The molecule has 4 unspecified atom stereocenters. The maximum Gasteiger partial charge on any atom is 0.328 e. The summed E-state index contributed by atoms with van der Waals surface area (Å²) in [5.74, 6) is -4.18. The number of carboxylic acids is 1. The van der Waals surface area contributed by atoms with Crippen molar-refractivity contribution in [1.29, 1.82) is 0 Å². The zero-order valence-corrected chi connectivity index (χ0v) is 21.0. The van der Waals surface area contributed by atoms with E-state index in [9.17, 15) is 34.2 Å². The molecule has 4 atom stereocenters. The van der Waals surface area contributed by atoms with Gasteiger partial charge in [-0.2, -0.15) is 11.8 Å². The number of benzene rings is 1. The minimum atomic E-state index is -1.61. The molecular formula is C23H32N6O7S. The number of aromatic nitrogens is 1. The SMILES string of the molecule is CSCCC(N)C(=O)NC(CC(N)=O)C(=O)NC(Cc1c[nH]c2ccccc12)C(=O)NC(CO)C(=O)O. The molecule has 1 aromatic heterocycles. The number of thioether (sulfide) groups is 1. The lowest BCUT2D eigenvalue weighted by Gasteiger charge is -2.24. The van der Waals surface area contributed by atoms with Crippen molar-refractivity contribution < 1.29 is 34.2 Å². The highest BCUT2D eigenvalue weighted by Crippen LogP contribution is 2.19. The number of nitrogens with one attached hydrogen (secondary N) is 4. The standard InChI is InChI=1S/C23H32N6O7S/c1-37-7-6-14(24)20(32)27-17(9-19(25)31)22(34)28-16(21(33)29-18(11-30)23(35)36)8-12-10-26-15-5-3-2-4-13(12)15/h2-5,10,14,16-18,26,30H,6-9,11,24H2,1H3,(H2,25,31)(H,27,32)(H,28,34)(H,29,33)(H,35,36). The molecule has 0 fully saturated rings. The molecule has 2 rings (SSSR count). The van der Waals surface area contributed by atoms with Gasteiger partial charge in [-0.3, -0.25) is 19.2 Å². The fraction of sp³-hybridized carbons (Fsp3) is 0.435. The number of hydrogen-bond acceptors (Lipinski definition) is 8. The zero-order chi connectivity index (χ0) is 27.5. The maximum absolute atomic E-state index is 13.1. The highest BCUT2D eigenvalue weighted by Gasteiger charge is 2.31. The van der Waals surface area contributed by atoms with Gasteiger partial charge in [0.1, 0.15) is 18.1 Å². The highest BCUT2D eigenvalue weighted by molar-refractivity contribution is 7.98. The molecule has 0 saturated carbocycles. The first-order chi connectivity index (χ1) is 17.6. The number of aromatic amines is 1. The number of carbonyl (C=O) groups excluding carboxylic acids is 4. The lowest BCUT2D eigenvalue weighted by molar-refractivity contribution is -0.143. The number of fused-ring (bicyclic) bond motifs is 1. The number of aliphatic hydroxyl groups is 1. The first-order valence-electron chi connectivity index (χ1n) is 11.4. The van der Waals surface area contributed by atoms with Gasteiger partial charge in [0, 0.05) is 23.5 Å². The predicted octanol–water partition coefficient (Wildman–Crippen LogP) is -1.80. The van der Waals surface area contributed by atoms with Crippen LogP contribution in [0.4, 0.5) is 0 Å². The largest absolute Gasteiger partial charge is 0.480 e. The second-order valence-electron chi connectivity index (χ2n) is 8.33. The molecule has 0 aliphatic rings. The normalized spacial score (nSPS) is 14.2. The van der Waals surface area contributed by atoms with Gasteiger partial charge < -0.3 is 42.6 Å². The van der Waals surface area contributed by atoms with Crippen molar-refractivity contribution in [2.75, 3.05) is 18.6 Å². The first-order valence-corrected chi connectivity index (χ1v) is 12.8. The summed E-state index contributed by atoms with van der Waals surface area (Å²) in [5.41, 5.74) is 12.5. The molecule has 4 amide bonds. The zero-order valence-electron chi connectivity index (χ0n) is 20.2. The number of carbonyl (C=O) groups is 5. The number of rotatable bonds is 15. The monoisotopic (exact) mass is 536 g/mol. The number of carboxylic acid groups (broad SMARTS) is 1. The van der Waals surface area contributed by atoms with Crippen LogP contribution in [0.25, 0.3) is 10.9 Å². The summed E-state index contributed by atoms with van der Waals surface area (Å²) in [6, 6.07) is 1.95. The van der Waals surface area contributed by atoms with Crippen molar-refractivity contribution in [2.45, 2.75) is 43.4 Å². The molecule has 14 heteroatoms. The molecule has 2 aromatic rings. The highest BCUT2D eigenvalue weighted by atomic mass is 32.2. The van der Waals surface area contributed by atoms with E-state index in [0.29, 0.717) is 17.7 Å². The average molecular weight is 537 g/mol. The van der Waals surface area contributed by atoms with E-state index >= 15 is 0 Å². The van der Waals surface area contributed by atoms with Gasteiger partial charge in [-0.1, -0.05) is 18.2 Å². The number of aliphatic carboxylic acids is 1. The van der Waals surface area contributed by atoms with Crippen LogP contribution in [0.3, 0.4) is 0 Å². The third-order valence-electron chi connectivity index (χ3n) is 5.54. The molecule has 13 nitrogen and oxygen atoms in total. The van der Waals surface area contributed by atoms with Crippen LogP contribution in [0.15, 0.2) is 30.5 Å². The maximum atomic E-state index is 13.1. The van der Waals surface area contributed by atoms with Crippen LogP contribution < -0.4 is 27.4 Å². The van der Waals surface area contributed by atoms with Crippen LogP contribution in [0.5, 0.6) is 0 Å². The molecule has 37 heavy (non-hydrogen) atoms. The molecule has 202 valence electrons. The number of aliphatic hydroxyl groups excluding tert-OH is 1. The molecule has 0 saturated heterocycles. The van der Waals surface area contributed by atoms with E-state index in [-0.39, 0.29) is 6.42 Å². The third kappa shape index (κ3) is 8.77. The van der Waals surface area contributed by atoms with Crippen LogP contribution in [0, 0.1) is 0 Å². The molecule has 10 N–H and O–H groups in total. The summed E-state index contributed by atoms with van der Waals surface area (Å²) in [6.07, 6.45) is 3.21. The molecular weight excluding hydrogens is 504 g/mol. The summed E-state index contributed by atoms with van der Waals surface area (Å²) < 4.78 is 0. The Balaban J connectivity index is 2.28. The van der Waals surface area contributed by atoms with Gasteiger partial charge in [0.15, 0.2) is 0 Å². The van der Waals surface area contributed by atoms with Crippen LogP contribution in [0.1, 0.15) is 18.4 Å². The van der Waals surface area contributed by atoms with Crippen molar-refractivity contribution in [3.63, 3.8) is 0 Å². The fourth-order valence-corrected chi connectivity index (χ4v) is 4.01. The van der Waals surface area contributed by atoms with Crippen LogP contribution in [-0.4, -0.2) is 87.6 Å².